The van der Waals surface area contributed by atoms with Crippen LogP contribution in [-0.2, 0) is 11.3 Å². The molecule has 2 rings (SSSR count). The van der Waals surface area contributed by atoms with Gasteiger partial charge in [-0.15, -0.1) is 0 Å². The lowest BCUT2D eigenvalue weighted by Gasteiger charge is -2.08. The summed E-state index contributed by atoms with van der Waals surface area (Å²) in [5, 5.41) is 2.41. The molecule has 0 N–H and O–H groups in total. The highest BCUT2D eigenvalue weighted by Gasteiger charge is 2.03. The Morgan fingerprint density at radius 3 is 2.60 bits per heavy atom. The first-order chi connectivity index (χ1) is 7.35. The molecule has 0 amide bonds. The van der Waals surface area contributed by atoms with Gasteiger partial charge >= 0.3 is 0 Å². The molecule has 0 aliphatic rings. The van der Waals surface area contributed by atoms with E-state index in [-0.39, 0.29) is 0 Å². The molecule has 0 radical (unpaired) electrons. The van der Waals surface area contributed by atoms with Crippen molar-refractivity contribution < 1.29 is 9.47 Å². The van der Waals surface area contributed by atoms with E-state index < -0.39 is 0 Å². The maximum Gasteiger partial charge on any atom is 0.119 e. The second-order valence-electron chi connectivity index (χ2n) is 3.44. The van der Waals surface area contributed by atoms with E-state index >= 15 is 0 Å². The van der Waals surface area contributed by atoms with Gasteiger partial charge in [-0.3, -0.25) is 0 Å². The van der Waals surface area contributed by atoms with Gasteiger partial charge in [0.1, 0.15) is 5.75 Å². The zero-order valence-electron chi connectivity index (χ0n) is 8.99. The number of ether oxygens (including phenoxy) is 2. The number of benzene rings is 2. The molecule has 2 aromatic rings. The molecule has 0 saturated heterocycles. The van der Waals surface area contributed by atoms with Crippen molar-refractivity contribution in [2.75, 3.05) is 14.2 Å². The fourth-order valence-electron chi connectivity index (χ4n) is 1.75. The van der Waals surface area contributed by atoms with Gasteiger partial charge in [0.15, 0.2) is 0 Å². The Balaban J connectivity index is 2.63. The summed E-state index contributed by atoms with van der Waals surface area (Å²) < 4.78 is 10.4. The van der Waals surface area contributed by atoms with E-state index in [1.165, 1.54) is 10.8 Å². The SMILES string of the molecule is COCc1cc(OC)cc2ccccc12. The monoisotopic (exact) mass is 202 g/mol. The van der Waals surface area contributed by atoms with E-state index in [9.17, 15) is 0 Å². The standard InChI is InChI=1S/C13H14O2/c1-14-9-11-8-12(15-2)7-10-5-3-4-6-13(10)11/h3-8H,9H2,1-2H3. The van der Waals surface area contributed by atoms with E-state index in [0.717, 1.165) is 11.3 Å². The Kier molecular flexibility index (Phi) is 2.88. The van der Waals surface area contributed by atoms with Crippen LogP contribution in [0.25, 0.3) is 10.8 Å². The Morgan fingerprint density at radius 2 is 1.87 bits per heavy atom. The predicted octanol–water partition coefficient (Wildman–Crippen LogP) is 2.99. The summed E-state index contributed by atoms with van der Waals surface area (Å²) in [4.78, 5) is 0. The van der Waals surface area contributed by atoms with Gasteiger partial charge in [0.2, 0.25) is 0 Å². The number of fused-ring (bicyclic) bond motifs is 1. The van der Waals surface area contributed by atoms with Crippen LogP contribution < -0.4 is 4.74 Å². The van der Waals surface area contributed by atoms with E-state index in [2.05, 4.69) is 12.1 Å². The Morgan fingerprint density at radius 1 is 1.07 bits per heavy atom. The molecule has 0 saturated carbocycles. The van der Waals surface area contributed by atoms with Gasteiger partial charge in [-0.1, -0.05) is 24.3 Å². The highest BCUT2D eigenvalue weighted by molar-refractivity contribution is 5.87. The summed E-state index contributed by atoms with van der Waals surface area (Å²) in [6.07, 6.45) is 0. The lowest BCUT2D eigenvalue weighted by atomic mass is 10.0. The topological polar surface area (TPSA) is 18.5 Å². The molecule has 2 heteroatoms. The number of rotatable bonds is 3. The second-order valence-corrected chi connectivity index (χ2v) is 3.44. The molecule has 15 heavy (non-hydrogen) atoms. The first kappa shape index (κ1) is 9.99. The third kappa shape index (κ3) is 1.95. The van der Waals surface area contributed by atoms with Gasteiger partial charge in [0, 0.05) is 7.11 Å². The van der Waals surface area contributed by atoms with Crippen LogP contribution in [0, 0.1) is 0 Å². The highest BCUT2D eigenvalue weighted by atomic mass is 16.5. The quantitative estimate of drug-likeness (QED) is 0.761. The minimum Gasteiger partial charge on any atom is -0.497 e. The number of hydrogen-bond acceptors (Lipinski definition) is 2. The lowest BCUT2D eigenvalue weighted by Crippen LogP contribution is -1.92. The molecule has 78 valence electrons. The third-order valence-electron chi connectivity index (χ3n) is 2.46. The van der Waals surface area contributed by atoms with Crippen molar-refractivity contribution >= 4 is 10.8 Å². The molecular formula is C13H14O2. The van der Waals surface area contributed by atoms with Crippen LogP contribution in [0.3, 0.4) is 0 Å². The molecule has 0 atom stereocenters. The normalized spacial score (nSPS) is 10.5. The van der Waals surface area contributed by atoms with Crippen LogP contribution in [0.2, 0.25) is 0 Å². The van der Waals surface area contributed by atoms with Crippen molar-refractivity contribution in [2.24, 2.45) is 0 Å². The molecule has 0 bridgehead atoms. The van der Waals surface area contributed by atoms with Crippen molar-refractivity contribution in [3.8, 4) is 5.75 Å². The maximum atomic E-state index is 5.25. The molecule has 2 nitrogen and oxygen atoms in total. The van der Waals surface area contributed by atoms with E-state index in [0.29, 0.717) is 6.61 Å². The Labute approximate surface area is 89.4 Å². The van der Waals surface area contributed by atoms with Gasteiger partial charge in [-0.2, -0.15) is 0 Å². The van der Waals surface area contributed by atoms with Crippen LogP contribution in [0.1, 0.15) is 5.56 Å². The fraction of sp³-hybridized carbons (Fsp3) is 0.231. The first-order valence-electron chi connectivity index (χ1n) is 4.89. The average molecular weight is 202 g/mol. The van der Waals surface area contributed by atoms with Crippen LogP contribution >= 0.6 is 0 Å². The van der Waals surface area contributed by atoms with E-state index in [1.54, 1.807) is 14.2 Å². The lowest BCUT2D eigenvalue weighted by molar-refractivity contribution is 0.185. The summed E-state index contributed by atoms with van der Waals surface area (Å²) in [5.74, 6) is 0.876. The summed E-state index contributed by atoms with van der Waals surface area (Å²) in [7, 11) is 3.38. The Hall–Kier alpha value is -1.54. The first-order valence-corrected chi connectivity index (χ1v) is 4.89. The highest BCUT2D eigenvalue weighted by Crippen LogP contribution is 2.25. The van der Waals surface area contributed by atoms with Gasteiger partial charge in [-0.05, 0) is 28.5 Å². The van der Waals surface area contributed by atoms with Gasteiger partial charge in [-0.25, -0.2) is 0 Å². The van der Waals surface area contributed by atoms with Gasteiger partial charge < -0.3 is 9.47 Å². The molecular weight excluding hydrogens is 188 g/mol. The Bertz CT molecular complexity index is 463. The van der Waals surface area contributed by atoms with Crippen LogP contribution in [-0.4, -0.2) is 14.2 Å². The van der Waals surface area contributed by atoms with Gasteiger partial charge in [0.25, 0.3) is 0 Å². The van der Waals surface area contributed by atoms with Gasteiger partial charge in [0.05, 0.1) is 13.7 Å². The van der Waals surface area contributed by atoms with Crippen molar-refractivity contribution in [3.05, 3.63) is 42.0 Å². The second kappa shape index (κ2) is 4.32. The van der Waals surface area contributed by atoms with Crippen LogP contribution in [0.5, 0.6) is 5.75 Å². The number of hydrogen-bond donors (Lipinski definition) is 0. The molecule has 0 aliphatic carbocycles. The zero-order valence-corrected chi connectivity index (χ0v) is 8.99. The third-order valence-corrected chi connectivity index (χ3v) is 2.46. The van der Waals surface area contributed by atoms with Crippen LogP contribution in [0.4, 0.5) is 0 Å². The molecule has 0 fully saturated rings. The average Bonchev–Trinajstić information content (AvgIpc) is 2.29. The smallest absolute Gasteiger partial charge is 0.119 e. The molecule has 0 heterocycles. The van der Waals surface area contributed by atoms with E-state index in [1.807, 2.05) is 24.3 Å². The summed E-state index contributed by atoms with van der Waals surface area (Å²) >= 11 is 0. The van der Waals surface area contributed by atoms with Crippen molar-refractivity contribution in [3.63, 3.8) is 0 Å². The molecule has 0 unspecified atom stereocenters. The molecule has 0 spiro atoms. The largest absolute Gasteiger partial charge is 0.497 e. The number of methoxy groups -OCH3 is 2. The maximum absolute atomic E-state index is 5.25. The van der Waals surface area contributed by atoms with Crippen molar-refractivity contribution in [1.29, 1.82) is 0 Å². The van der Waals surface area contributed by atoms with Crippen molar-refractivity contribution in [2.45, 2.75) is 6.61 Å². The summed E-state index contributed by atoms with van der Waals surface area (Å²) in [5.41, 5.74) is 1.16. The molecule has 0 aromatic heterocycles. The zero-order chi connectivity index (χ0) is 10.7. The molecule has 0 aliphatic heterocycles. The fourth-order valence-corrected chi connectivity index (χ4v) is 1.75. The van der Waals surface area contributed by atoms with E-state index in [4.69, 9.17) is 9.47 Å². The van der Waals surface area contributed by atoms with Crippen LogP contribution in [0.15, 0.2) is 36.4 Å². The summed E-state index contributed by atoms with van der Waals surface area (Å²) in [6, 6.07) is 12.3. The van der Waals surface area contributed by atoms with Crippen molar-refractivity contribution in [1.82, 2.24) is 0 Å². The summed E-state index contributed by atoms with van der Waals surface area (Å²) in [6.45, 7) is 0.609. The molecule has 2 aromatic carbocycles. The minimum absolute atomic E-state index is 0.609. The minimum atomic E-state index is 0.609. The predicted molar refractivity (Wildman–Crippen MR) is 61.2 cm³/mol.